The Labute approximate surface area is 145 Å². The van der Waals surface area contributed by atoms with Gasteiger partial charge in [-0.2, -0.15) is 5.10 Å². The van der Waals surface area contributed by atoms with E-state index < -0.39 is 0 Å². The number of H-pyrrole nitrogens is 1. The third-order valence-electron chi connectivity index (χ3n) is 4.64. The van der Waals surface area contributed by atoms with Gasteiger partial charge in [-0.25, -0.2) is 0 Å². The molecule has 1 amide bonds. The molecular formula is C18H21N5O2. The Bertz CT molecular complexity index is 905. The van der Waals surface area contributed by atoms with Crippen LogP contribution in [0.4, 0.5) is 0 Å². The fraction of sp³-hybridized carbons (Fsp3) is 0.389. The van der Waals surface area contributed by atoms with Crippen LogP contribution in [-0.2, 0) is 6.54 Å². The monoisotopic (exact) mass is 339 g/mol. The van der Waals surface area contributed by atoms with Crippen LogP contribution < -0.4 is 0 Å². The zero-order valence-electron chi connectivity index (χ0n) is 14.5. The average Bonchev–Trinajstić information content (AvgIpc) is 3.20. The topological polar surface area (TPSA) is 78.3 Å². The van der Waals surface area contributed by atoms with E-state index in [2.05, 4.69) is 20.3 Å². The molecule has 0 spiro atoms. The number of aromatic amines is 1. The number of aromatic nitrogens is 3. The van der Waals surface area contributed by atoms with Gasteiger partial charge in [0, 0.05) is 37.6 Å². The van der Waals surface area contributed by atoms with Crippen LogP contribution in [0.15, 0.2) is 28.8 Å². The lowest BCUT2D eigenvalue weighted by molar-refractivity contribution is 0.0613. The number of hydrogen-bond acceptors (Lipinski definition) is 5. The number of amides is 1. The lowest BCUT2D eigenvalue weighted by atomic mass is 10.1. The van der Waals surface area contributed by atoms with Crippen LogP contribution in [-0.4, -0.2) is 57.2 Å². The molecule has 0 atom stereocenters. The minimum Gasteiger partial charge on any atom is -0.360 e. The summed E-state index contributed by atoms with van der Waals surface area (Å²) in [7, 11) is 0. The van der Waals surface area contributed by atoms with Gasteiger partial charge in [-0.1, -0.05) is 16.8 Å². The third kappa shape index (κ3) is 3.15. The molecule has 0 radical (unpaired) electrons. The molecule has 25 heavy (non-hydrogen) atoms. The van der Waals surface area contributed by atoms with E-state index in [-0.39, 0.29) is 5.91 Å². The second-order valence-corrected chi connectivity index (χ2v) is 6.62. The van der Waals surface area contributed by atoms with Crippen molar-refractivity contribution in [3.8, 4) is 0 Å². The summed E-state index contributed by atoms with van der Waals surface area (Å²) < 4.78 is 5.27. The van der Waals surface area contributed by atoms with Gasteiger partial charge in [0.25, 0.3) is 5.91 Å². The Morgan fingerprint density at radius 3 is 2.72 bits per heavy atom. The standard InChI is InChI=1S/C18H21N5O2/c1-12-3-4-16-15(9-12)17(20-19-16)18(24)23-7-5-22(6-8-23)11-14-10-13(2)21-25-14/h3-4,9-10H,5-8,11H2,1-2H3,(H,19,20). The molecular weight excluding hydrogens is 318 g/mol. The number of aryl methyl sites for hydroxylation is 2. The van der Waals surface area contributed by atoms with Crippen LogP contribution in [0.2, 0.25) is 0 Å². The van der Waals surface area contributed by atoms with E-state index in [0.717, 1.165) is 47.6 Å². The zero-order valence-corrected chi connectivity index (χ0v) is 14.5. The third-order valence-corrected chi connectivity index (χ3v) is 4.64. The summed E-state index contributed by atoms with van der Waals surface area (Å²) in [6.07, 6.45) is 0. The fourth-order valence-electron chi connectivity index (χ4n) is 3.26. The summed E-state index contributed by atoms with van der Waals surface area (Å²) in [6, 6.07) is 7.94. The van der Waals surface area contributed by atoms with Gasteiger partial charge < -0.3 is 9.42 Å². The van der Waals surface area contributed by atoms with Crippen molar-refractivity contribution in [2.24, 2.45) is 0 Å². The molecule has 7 heteroatoms. The van der Waals surface area contributed by atoms with E-state index in [1.165, 1.54) is 0 Å². The van der Waals surface area contributed by atoms with Crippen LogP contribution in [0.3, 0.4) is 0 Å². The highest BCUT2D eigenvalue weighted by molar-refractivity contribution is 6.04. The van der Waals surface area contributed by atoms with Crippen molar-refractivity contribution < 1.29 is 9.32 Å². The summed E-state index contributed by atoms with van der Waals surface area (Å²) >= 11 is 0. The molecule has 0 bridgehead atoms. The predicted molar refractivity (Wildman–Crippen MR) is 93.3 cm³/mol. The molecule has 1 aliphatic heterocycles. The molecule has 1 saturated heterocycles. The average molecular weight is 339 g/mol. The SMILES string of the molecule is Cc1ccc2[nH]nc(C(=O)N3CCN(Cc4cc(C)no4)CC3)c2c1. The first-order valence-electron chi connectivity index (χ1n) is 8.49. The molecule has 2 aromatic heterocycles. The number of fused-ring (bicyclic) bond motifs is 1. The Morgan fingerprint density at radius 1 is 1.20 bits per heavy atom. The van der Waals surface area contributed by atoms with Crippen LogP contribution in [0.1, 0.15) is 27.5 Å². The van der Waals surface area contributed by atoms with E-state index in [4.69, 9.17) is 4.52 Å². The van der Waals surface area contributed by atoms with Gasteiger partial charge in [-0.05, 0) is 26.0 Å². The highest BCUT2D eigenvalue weighted by Crippen LogP contribution is 2.20. The smallest absolute Gasteiger partial charge is 0.275 e. The largest absolute Gasteiger partial charge is 0.360 e. The van der Waals surface area contributed by atoms with Crippen molar-refractivity contribution >= 4 is 16.8 Å². The van der Waals surface area contributed by atoms with E-state index in [1.807, 2.05) is 43.0 Å². The summed E-state index contributed by atoms with van der Waals surface area (Å²) in [4.78, 5) is 17.0. The Morgan fingerprint density at radius 2 is 2.00 bits per heavy atom. The maximum atomic E-state index is 12.9. The zero-order chi connectivity index (χ0) is 17.4. The van der Waals surface area contributed by atoms with Gasteiger partial charge in [0.05, 0.1) is 17.8 Å². The first-order chi connectivity index (χ1) is 12.1. The van der Waals surface area contributed by atoms with E-state index in [1.54, 1.807) is 0 Å². The van der Waals surface area contributed by atoms with Gasteiger partial charge in [0.1, 0.15) is 0 Å². The number of piperazine rings is 1. The number of nitrogens with one attached hydrogen (secondary N) is 1. The summed E-state index contributed by atoms with van der Waals surface area (Å²) in [5.41, 5.74) is 3.42. The molecule has 1 aliphatic rings. The van der Waals surface area contributed by atoms with Gasteiger partial charge in [-0.3, -0.25) is 14.8 Å². The number of nitrogens with zero attached hydrogens (tertiary/aromatic N) is 4. The van der Waals surface area contributed by atoms with Crippen molar-refractivity contribution in [2.75, 3.05) is 26.2 Å². The lowest BCUT2D eigenvalue weighted by Crippen LogP contribution is -2.48. The molecule has 7 nitrogen and oxygen atoms in total. The maximum absolute atomic E-state index is 12.9. The molecule has 0 aliphatic carbocycles. The van der Waals surface area contributed by atoms with Crippen LogP contribution >= 0.6 is 0 Å². The van der Waals surface area contributed by atoms with Crippen molar-refractivity contribution in [3.63, 3.8) is 0 Å². The van der Waals surface area contributed by atoms with Crippen LogP contribution in [0, 0.1) is 13.8 Å². The van der Waals surface area contributed by atoms with E-state index in [0.29, 0.717) is 18.8 Å². The van der Waals surface area contributed by atoms with E-state index in [9.17, 15) is 4.79 Å². The molecule has 3 heterocycles. The van der Waals surface area contributed by atoms with Crippen LogP contribution in [0.25, 0.3) is 10.9 Å². The van der Waals surface area contributed by atoms with Gasteiger partial charge in [-0.15, -0.1) is 0 Å². The number of carbonyl (C=O) groups is 1. The molecule has 0 saturated carbocycles. The molecule has 130 valence electrons. The van der Waals surface area contributed by atoms with Gasteiger partial charge >= 0.3 is 0 Å². The number of carbonyl (C=O) groups excluding carboxylic acids is 1. The number of rotatable bonds is 3. The Kier molecular flexibility index (Phi) is 4.01. The fourth-order valence-corrected chi connectivity index (χ4v) is 3.26. The summed E-state index contributed by atoms with van der Waals surface area (Å²) in [5.74, 6) is 0.859. The lowest BCUT2D eigenvalue weighted by Gasteiger charge is -2.33. The molecule has 1 aromatic carbocycles. The second-order valence-electron chi connectivity index (χ2n) is 6.62. The highest BCUT2D eigenvalue weighted by atomic mass is 16.5. The summed E-state index contributed by atoms with van der Waals surface area (Å²) in [5, 5.41) is 12.0. The minimum absolute atomic E-state index is 0.00740. The maximum Gasteiger partial charge on any atom is 0.275 e. The van der Waals surface area contributed by atoms with Crippen molar-refractivity contribution in [3.05, 3.63) is 47.0 Å². The van der Waals surface area contributed by atoms with Gasteiger partial charge in [0.2, 0.25) is 0 Å². The Hall–Kier alpha value is -2.67. The molecule has 3 aromatic rings. The second kappa shape index (κ2) is 6.33. The quantitative estimate of drug-likeness (QED) is 0.791. The number of hydrogen-bond donors (Lipinski definition) is 1. The number of benzene rings is 1. The van der Waals surface area contributed by atoms with Crippen molar-refractivity contribution in [1.29, 1.82) is 0 Å². The normalized spacial score (nSPS) is 15.8. The molecule has 0 unspecified atom stereocenters. The molecule has 1 N–H and O–H groups in total. The molecule has 4 rings (SSSR count). The van der Waals surface area contributed by atoms with Gasteiger partial charge in [0.15, 0.2) is 11.5 Å². The van der Waals surface area contributed by atoms with Crippen molar-refractivity contribution in [2.45, 2.75) is 20.4 Å². The van der Waals surface area contributed by atoms with Crippen molar-refractivity contribution in [1.82, 2.24) is 25.2 Å². The minimum atomic E-state index is -0.00740. The first kappa shape index (κ1) is 15.8. The summed E-state index contributed by atoms with van der Waals surface area (Å²) in [6.45, 7) is 7.66. The van der Waals surface area contributed by atoms with Crippen LogP contribution in [0.5, 0.6) is 0 Å². The highest BCUT2D eigenvalue weighted by Gasteiger charge is 2.25. The predicted octanol–water partition coefficient (Wildman–Crippen LogP) is 2.13. The van der Waals surface area contributed by atoms with E-state index >= 15 is 0 Å². The Balaban J connectivity index is 1.43. The molecule has 1 fully saturated rings. The first-order valence-corrected chi connectivity index (χ1v) is 8.49.